The molecule has 11 heavy (non-hydrogen) atoms. The molecule has 0 aliphatic rings. The van der Waals surface area contributed by atoms with Gasteiger partial charge in [0.2, 0.25) is 0 Å². The maximum absolute atomic E-state index is 6.96. The Hall–Kier alpha value is -0.620. The van der Waals surface area contributed by atoms with Crippen LogP contribution in [-0.2, 0) is 0 Å². The molecule has 0 saturated heterocycles. The van der Waals surface area contributed by atoms with Gasteiger partial charge in [-0.3, -0.25) is 5.41 Å². The van der Waals surface area contributed by atoms with Crippen LogP contribution in [0.4, 0.5) is 0 Å². The molecular formula is C5H8N4S2. The Balaban J connectivity index is 2.45. The molecule has 0 unspecified atom stereocenters. The summed E-state index contributed by atoms with van der Waals surface area (Å²) in [6, 6.07) is 0. The van der Waals surface area contributed by atoms with Crippen molar-refractivity contribution in [2.75, 3.05) is 5.75 Å². The minimum absolute atomic E-state index is 0.169. The van der Waals surface area contributed by atoms with Crippen LogP contribution in [0.15, 0.2) is 4.34 Å². The first-order valence-electron chi connectivity index (χ1n) is 2.94. The van der Waals surface area contributed by atoms with Crippen LogP contribution in [0.25, 0.3) is 0 Å². The lowest BCUT2D eigenvalue weighted by molar-refractivity contribution is 1.10. The molecule has 0 amide bonds. The molecule has 1 rings (SSSR count). The van der Waals surface area contributed by atoms with Crippen molar-refractivity contribution in [3.8, 4) is 0 Å². The Kier molecular flexibility index (Phi) is 2.84. The number of hydrogen-bond acceptors (Lipinski definition) is 5. The summed E-state index contributed by atoms with van der Waals surface area (Å²) in [6.45, 7) is 1.84. The average molecular weight is 188 g/mol. The molecular weight excluding hydrogens is 180 g/mol. The molecule has 60 valence electrons. The minimum Gasteiger partial charge on any atom is -0.387 e. The van der Waals surface area contributed by atoms with Gasteiger partial charge in [0.05, 0.1) is 5.75 Å². The fourth-order valence-corrected chi connectivity index (χ4v) is 1.88. The van der Waals surface area contributed by atoms with Crippen LogP contribution in [-0.4, -0.2) is 20.9 Å². The van der Waals surface area contributed by atoms with E-state index < -0.39 is 0 Å². The van der Waals surface area contributed by atoms with E-state index in [4.69, 9.17) is 11.1 Å². The van der Waals surface area contributed by atoms with Crippen LogP contribution in [0.3, 0.4) is 0 Å². The molecule has 0 spiro atoms. The van der Waals surface area contributed by atoms with Crippen molar-refractivity contribution in [1.82, 2.24) is 9.36 Å². The normalized spacial score (nSPS) is 9.91. The van der Waals surface area contributed by atoms with Gasteiger partial charge in [0.1, 0.15) is 11.7 Å². The molecule has 0 aliphatic heterocycles. The van der Waals surface area contributed by atoms with Crippen molar-refractivity contribution in [3.63, 3.8) is 0 Å². The second-order valence-corrected chi connectivity index (χ2v) is 3.90. The van der Waals surface area contributed by atoms with Gasteiger partial charge in [-0.2, -0.15) is 4.37 Å². The number of nitrogens with one attached hydrogen (secondary N) is 1. The number of hydrogen-bond donors (Lipinski definition) is 2. The predicted octanol–water partition coefficient (Wildman–Crippen LogP) is 0.875. The third-order valence-electron chi connectivity index (χ3n) is 0.860. The molecule has 6 heteroatoms. The zero-order chi connectivity index (χ0) is 8.27. The average Bonchev–Trinajstić information content (AvgIpc) is 2.31. The van der Waals surface area contributed by atoms with Crippen LogP contribution in [0.1, 0.15) is 5.82 Å². The first-order valence-corrected chi connectivity index (χ1v) is 4.70. The van der Waals surface area contributed by atoms with Crippen LogP contribution >= 0.6 is 23.3 Å². The molecule has 1 heterocycles. The zero-order valence-electron chi connectivity index (χ0n) is 6.00. The Morgan fingerprint density at radius 1 is 1.82 bits per heavy atom. The van der Waals surface area contributed by atoms with Gasteiger partial charge in [0.15, 0.2) is 4.34 Å². The van der Waals surface area contributed by atoms with Crippen LogP contribution in [0.2, 0.25) is 0 Å². The third kappa shape index (κ3) is 2.85. The topological polar surface area (TPSA) is 75.7 Å². The number of nitrogens with two attached hydrogens (primary N) is 1. The smallest absolute Gasteiger partial charge is 0.170 e. The highest BCUT2D eigenvalue weighted by molar-refractivity contribution is 8.01. The SMILES string of the molecule is Cc1nsc(SCC(=N)N)n1. The lowest BCUT2D eigenvalue weighted by Crippen LogP contribution is -2.11. The van der Waals surface area contributed by atoms with Gasteiger partial charge < -0.3 is 5.73 Å². The van der Waals surface area contributed by atoms with E-state index in [1.54, 1.807) is 0 Å². The first kappa shape index (κ1) is 8.48. The molecule has 0 aliphatic carbocycles. The van der Waals surface area contributed by atoms with Crippen LogP contribution < -0.4 is 5.73 Å². The standard InChI is InChI=1S/C5H8N4S2/c1-3-8-5(11-9-3)10-2-4(6)7/h2H2,1H3,(H3,6,7). The minimum atomic E-state index is 0.169. The molecule has 0 radical (unpaired) electrons. The van der Waals surface area contributed by atoms with E-state index in [1.165, 1.54) is 23.3 Å². The second kappa shape index (κ2) is 3.68. The first-order chi connectivity index (χ1) is 5.18. The van der Waals surface area contributed by atoms with E-state index in [2.05, 4.69) is 9.36 Å². The highest BCUT2D eigenvalue weighted by Crippen LogP contribution is 2.18. The predicted molar refractivity (Wildman–Crippen MR) is 47.3 cm³/mol. The van der Waals surface area contributed by atoms with Gasteiger partial charge in [-0.15, -0.1) is 0 Å². The fourth-order valence-electron chi connectivity index (χ4n) is 0.476. The molecule has 0 aromatic carbocycles. The Morgan fingerprint density at radius 3 is 3.00 bits per heavy atom. The van der Waals surface area contributed by atoms with Crippen molar-refractivity contribution >= 4 is 29.1 Å². The number of thioether (sulfide) groups is 1. The number of aromatic nitrogens is 2. The van der Waals surface area contributed by atoms with E-state index in [0.29, 0.717) is 5.75 Å². The monoisotopic (exact) mass is 188 g/mol. The third-order valence-corrected chi connectivity index (χ3v) is 2.83. The van der Waals surface area contributed by atoms with E-state index in [9.17, 15) is 0 Å². The molecule has 0 saturated carbocycles. The summed E-state index contributed by atoms with van der Waals surface area (Å²) in [4.78, 5) is 4.10. The Morgan fingerprint density at radius 2 is 2.55 bits per heavy atom. The maximum atomic E-state index is 6.96. The molecule has 1 aromatic rings. The Labute approximate surface area is 72.9 Å². The summed E-state index contributed by atoms with van der Waals surface area (Å²) < 4.78 is 4.87. The highest BCUT2D eigenvalue weighted by atomic mass is 32.2. The van der Waals surface area contributed by atoms with Gasteiger partial charge >= 0.3 is 0 Å². The van der Waals surface area contributed by atoms with E-state index in [-0.39, 0.29) is 5.84 Å². The van der Waals surface area contributed by atoms with Crippen LogP contribution in [0, 0.1) is 12.3 Å². The maximum Gasteiger partial charge on any atom is 0.170 e. The summed E-state index contributed by atoms with van der Waals surface area (Å²) in [5.74, 6) is 1.44. The highest BCUT2D eigenvalue weighted by Gasteiger charge is 2.00. The lowest BCUT2D eigenvalue weighted by atomic mass is 10.7. The van der Waals surface area contributed by atoms with E-state index in [0.717, 1.165) is 10.2 Å². The fraction of sp³-hybridized carbons (Fsp3) is 0.400. The summed E-state index contributed by atoms with van der Waals surface area (Å²) in [7, 11) is 0. The van der Waals surface area contributed by atoms with Crippen molar-refractivity contribution in [2.24, 2.45) is 5.73 Å². The van der Waals surface area contributed by atoms with Gasteiger partial charge in [-0.25, -0.2) is 4.98 Å². The summed E-state index contributed by atoms with van der Waals surface area (Å²) >= 11 is 2.79. The number of nitrogens with zero attached hydrogens (tertiary/aromatic N) is 2. The molecule has 1 aromatic heterocycles. The number of rotatable bonds is 3. The van der Waals surface area contributed by atoms with Gasteiger partial charge in [0.25, 0.3) is 0 Å². The lowest BCUT2D eigenvalue weighted by Gasteiger charge is -1.91. The molecule has 4 nitrogen and oxygen atoms in total. The molecule has 0 bridgehead atoms. The summed E-state index contributed by atoms with van der Waals surface area (Å²) in [6.07, 6.45) is 0. The van der Waals surface area contributed by atoms with E-state index in [1.807, 2.05) is 6.92 Å². The van der Waals surface area contributed by atoms with Gasteiger partial charge in [0, 0.05) is 0 Å². The quantitative estimate of drug-likeness (QED) is 0.419. The van der Waals surface area contributed by atoms with E-state index >= 15 is 0 Å². The second-order valence-electron chi connectivity index (χ2n) is 1.92. The molecule has 0 atom stereocenters. The largest absolute Gasteiger partial charge is 0.387 e. The van der Waals surface area contributed by atoms with Crippen LogP contribution in [0.5, 0.6) is 0 Å². The van der Waals surface area contributed by atoms with Gasteiger partial charge in [-0.1, -0.05) is 11.8 Å². The number of amidine groups is 1. The van der Waals surface area contributed by atoms with Crippen molar-refractivity contribution < 1.29 is 0 Å². The van der Waals surface area contributed by atoms with Gasteiger partial charge in [-0.05, 0) is 18.5 Å². The number of aryl methyl sites for hydroxylation is 1. The molecule has 3 N–H and O–H groups in total. The summed E-state index contributed by atoms with van der Waals surface area (Å²) in [5.41, 5.74) is 5.17. The zero-order valence-corrected chi connectivity index (χ0v) is 7.63. The van der Waals surface area contributed by atoms with Crippen molar-refractivity contribution in [2.45, 2.75) is 11.3 Å². The Bertz CT molecular complexity index is 257. The summed E-state index contributed by atoms with van der Waals surface area (Å²) in [5, 5.41) is 6.96. The van der Waals surface area contributed by atoms with Crippen molar-refractivity contribution in [3.05, 3.63) is 5.82 Å². The van der Waals surface area contributed by atoms with Crippen molar-refractivity contribution in [1.29, 1.82) is 5.41 Å². The molecule has 0 fully saturated rings.